The van der Waals surface area contributed by atoms with Gasteiger partial charge < -0.3 is 9.47 Å². The molecule has 264 valence electrons. The van der Waals surface area contributed by atoms with Gasteiger partial charge in [0.25, 0.3) is 0 Å². The van der Waals surface area contributed by atoms with E-state index in [2.05, 4.69) is 44.2 Å². The van der Waals surface area contributed by atoms with Crippen molar-refractivity contribution in [3.63, 3.8) is 0 Å². The lowest BCUT2D eigenvalue weighted by Gasteiger charge is -2.18. The molecule has 0 amide bonds. The summed E-state index contributed by atoms with van der Waals surface area (Å²) in [5, 5.41) is 5.01. The van der Waals surface area contributed by atoms with E-state index in [-0.39, 0.29) is 0 Å². The van der Waals surface area contributed by atoms with Crippen LogP contribution in [0.5, 0.6) is 11.5 Å². The third-order valence-electron chi connectivity index (χ3n) is 9.89. The normalized spacial score (nSPS) is 11.6. The van der Waals surface area contributed by atoms with E-state index in [0.29, 0.717) is 0 Å². The van der Waals surface area contributed by atoms with Crippen molar-refractivity contribution in [1.82, 2.24) is 0 Å². The summed E-state index contributed by atoms with van der Waals surface area (Å²) in [6.45, 7) is 6.05. The first kappa shape index (κ1) is 39.5. The lowest BCUT2D eigenvalue weighted by atomic mass is 10.0. The van der Waals surface area contributed by atoms with Crippen LogP contribution in [0.3, 0.4) is 0 Å². The van der Waals surface area contributed by atoms with Gasteiger partial charge in [-0.2, -0.15) is 0 Å². The first-order chi connectivity index (χ1) is 23.3. The van der Waals surface area contributed by atoms with Crippen LogP contribution in [0, 0.1) is 0 Å². The second-order valence-corrected chi connectivity index (χ2v) is 14.5. The Labute approximate surface area is 294 Å². The third-order valence-corrected chi connectivity index (χ3v) is 10.2. The summed E-state index contributed by atoms with van der Waals surface area (Å²) in [5.41, 5.74) is 0. The summed E-state index contributed by atoms with van der Waals surface area (Å²) >= 11 is 6.86. The number of unbranched alkanes of at least 4 members (excludes halogenated alkanes) is 24. The summed E-state index contributed by atoms with van der Waals surface area (Å²) in [6, 6.07) is 14.7. The van der Waals surface area contributed by atoms with Crippen LogP contribution in [0.1, 0.15) is 181 Å². The number of halogens is 1. The van der Waals surface area contributed by atoms with Crippen molar-refractivity contribution in [3.05, 3.63) is 47.5 Å². The van der Waals surface area contributed by atoms with Crippen LogP contribution in [0.25, 0.3) is 21.5 Å². The molecular formula is C44H69ClO2. The van der Waals surface area contributed by atoms with E-state index in [1.54, 1.807) is 0 Å². The maximum absolute atomic E-state index is 6.86. The maximum Gasteiger partial charge on any atom is 0.136 e. The highest BCUT2D eigenvalue weighted by atomic mass is 35.5. The summed E-state index contributed by atoms with van der Waals surface area (Å²) in [7, 11) is 0. The van der Waals surface area contributed by atoms with Crippen molar-refractivity contribution in [2.75, 3.05) is 13.2 Å². The highest BCUT2D eigenvalue weighted by Gasteiger charge is 2.18. The highest BCUT2D eigenvalue weighted by molar-refractivity contribution is 6.37. The molecule has 0 heterocycles. The molecule has 3 aromatic rings. The average molecular weight is 665 g/mol. The van der Waals surface area contributed by atoms with E-state index in [9.17, 15) is 0 Å². The molecule has 0 atom stereocenters. The fourth-order valence-electron chi connectivity index (χ4n) is 7.00. The molecular weight excluding hydrogens is 596 g/mol. The van der Waals surface area contributed by atoms with E-state index < -0.39 is 0 Å². The zero-order valence-electron chi connectivity index (χ0n) is 30.5. The van der Waals surface area contributed by atoms with Gasteiger partial charge in [0.15, 0.2) is 0 Å². The summed E-state index contributed by atoms with van der Waals surface area (Å²) in [6.07, 6.45) is 35.2. The zero-order valence-corrected chi connectivity index (χ0v) is 31.3. The van der Waals surface area contributed by atoms with Crippen molar-refractivity contribution >= 4 is 33.1 Å². The minimum atomic E-state index is 0.723. The van der Waals surface area contributed by atoms with Crippen LogP contribution in [0.2, 0.25) is 5.02 Å². The second kappa shape index (κ2) is 26.0. The minimum absolute atomic E-state index is 0.723. The molecule has 0 aliphatic rings. The summed E-state index contributed by atoms with van der Waals surface area (Å²) in [5.74, 6) is 1.86. The topological polar surface area (TPSA) is 18.5 Å². The van der Waals surface area contributed by atoms with E-state index in [4.69, 9.17) is 21.1 Å². The molecule has 0 radical (unpaired) electrons. The molecule has 3 rings (SSSR count). The van der Waals surface area contributed by atoms with Gasteiger partial charge in [-0.05, 0) is 18.9 Å². The standard InChI is InChI=1S/C44H69ClO2/c1-3-5-7-9-11-13-15-17-19-21-23-25-29-36-46-43-38-32-27-28-33-39(38)44(42-40(43)34-31-35-41(42)45)47-37-30-26-24-22-20-18-16-14-12-10-8-6-4-2/h27-28,31-35H,3-26,29-30,36-37H2,1-2H3. The maximum atomic E-state index is 6.86. The number of benzene rings is 3. The Bertz CT molecular complexity index is 1200. The van der Waals surface area contributed by atoms with Gasteiger partial charge in [0.1, 0.15) is 11.5 Å². The molecule has 0 unspecified atom stereocenters. The SMILES string of the molecule is CCCCCCCCCCCCCCCOc1c2ccccc2c(OCCCCCCCCCCCCCCC)c2c(Cl)cccc12. The van der Waals surface area contributed by atoms with Gasteiger partial charge in [0, 0.05) is 21.5 Å². The van der Waals surface area contributed by atoms with Crippen LogP contribution < -0.4 is 9.47 Å². The Kier molecular flexibility index (Phi) is 21.9. The predicted molar refractivity (Wildman–Crippen MR) is 209 cm³/mol. The molecule has 0 aliphatic heterocycles. The Morgan fingerprint density at radius 2 is 0.723 bits per heavy atom. The lowest BCUT2D eigenvalue weighted by Crippen LogP contribution is -2.02. The van der Waals surface area contributed by atoms with Crippen molar-refractivity contribution in [2.45, 2.75) is 181 Å². The molecule has 47 heavy (non-hydrogen) atoms. The molecule has 0 saturated carbocycles. The molecule has 0 aliphatic carbocycles. The summed E-state index contributed by atoms with van der Waals surface area (Å²) in [4.78, 5) is 0. The molecule has 0 spiro atoms. The first-order valence-electron chi connectivity index (χ1n) is 20.2. The van der Waals surface area contributed by atoms with Gasteiger partial charge >= 0.3 is 0 Å². The lowest BCUT2D eigenvalue weighted by molar-refractivity contribution is 0.306. The Morgan fingerprint density at radius 1 is 0.383 bits per heavy atom. The highest BCUT2D eigenvalue weighted by Crippen LogP contribution is 2.45. The minimum Gasteiger partial charge on any atom is -0.492 e. The van der Waals surface area contributed by atoms with Crippen molar-refractivity contribution in [3.8, 4) is 11.5 Å². The van der Waals surface area contributed by atoms with Crippen molar-refractivity contribution in [2.24, 2.45) is 0 Å². The van der Waals surface area contributed by atoms with Gasteiger partial charge in [0.05, 0.1) is 18.2 Å². The van der Waals surface area contributed by atoms with E-state index in [0.717, 1.165) is 64.1 Å². The molecule has 0 bridgehead atoms. The first-order valence-corrected chi connectivity index (χ1v) is 20.5. The predicted octanol–water partition coefficient (Wildman–Crippen LogP) is 15.6. The fourth-order valence-corrected chi connectivity index (χ4v) is 7.26. The van der Waals surface area contributed by atoms with Crippen LogP contribution in [-0.4, -0.2) is 13.2 Å². The van der Waals surface area contributed by atoms with E-state index >= 15 is 0 Å². The van der Waals surface area contributed by atoms with Gasteiger partial charge in [-0.3, -0.25) is 0 Å². The van der Waals surface area contributed by atoms with Crippen LogP contribution >= 0.6 is 11.6 Å². The monoisotopic (exact) mass is 664 g/mol. The molecule has 2 nitrogen and oxygen atoms in total. The average Bonchev–Trinajstić information content (AvgIpc) is 3.09. The van der Waals surface area contributed by atoms with Gasteiger partial charge in [-0.25, -0.2) is 0 Å². The van der Waals surface area contributed by atoms with Crippen molar-refractivity contribution in [1.29, 1.82) is 0 Å². The molecule has 0 N–H and O–H groups in total. The summed E-state index contributed by atoms with van der Waals surface area (Å²) < 4.78 is 13.1. The van der Waals surface area contributed by atoms with E-state index in [1.165, 1.54) is 154 Å². The molecule has 0 aromatic heterocycles. The smallest absolute Gasteiger partial charge is 0.136 e. The fraction of sp³-hybridized carbons (Fsp3) is 0.682. The largest absolute Gasteiger partial charge is 0.492 e. The number of ether oxygens (including phenoxy) is 2. The number of hydrogen-bond donors (Lipinski definition) is 0. The van der Waals surface area contributed by atoms with Gasteiger partial charge in [0.2, 0.25) is 0 Å². The Balaban J connectivity index is 1.40. The molecule has 0 saturated heterocycles. The van der Waals surface area contributed by atoms with Crippen LogP contribution in [0.4, 0.5) is 0 Å². The number of hydrogen-bond acceptors (Lipinski definition) is 2. The quantitative estimate of drug-likeness (QED) is 0.0521. The third kappa shape index (κ3) is 15.4. The number of fused-ring (bicyclic) bond motifs is 2. The van der Waals surface area contributed by atoms with Gasteiger partial charge in [-0.15, -0.1) is 0 Å². The number of rotatable bonds is 30. The molecule has 3 aromatic carbocycles. The van der Waals surface area contributed by atoms with E-state index in [1.807, 2.05) is 12.1 Å². The van der Waals surface area contributed by atoms with Gasteiger partial charge in [-0.1, -0.05) is 216 Å². The van der Waals surface area contributed by atoms with Crippen LogP contribution in [-0.2, 0) is 0 Å². The molecule has 0 fully saturated rings. The second-order valence-electron chi connectivity index (χ2n) is 14.0. The van der Waals surface area contributed by atoms with Crippen molar-refractivity contribution < 1.29 is 9.47 Å². The molecule has 3 heteroatoms. The zero-order chi connectivity index (χ0) is 33.2. The Hall–Kier alpha value is -1.93. The van der Waals surface area contributed by atoms with Crippen LogP contribution in [0.15, 0.2) is 42.5 Å². The Morgan fingerprint density at radius 3 is 1.15 bits per heavy atom.